The molecule has 1 rings (SSSR count). The van der Waals surface area contributed by atoms with Crippen LogP contribution in [0.2, 0.25) is 0 Å². The van der Waals surface area contributed by atoms with E-state index < -0.39 is 0 Å². The molecule has 0 aliphatic carbocycles. The lowest BCUT2D eigenvalue weighted by Gasteiger charge is -2.15. The summed E-state index contributed by atoms with van der Waals surface area (Å²) >= 11 is 1.11. The molecule has 0 radical (unpaired) electrons. The third-order valence-corrected chi connectivity index (χ3v) is 2.82. The number of ether oxygens (including phenoxy) is 1. The summed E-state index contributed by atoms with van der Waals surface area (Å²) in [4.78, 5) is 12.3. The second-order valence-corrected chi connectivity index (χ2v) is 5.44. The van der Waals surface area contributed by atoms with Gasteiger partial charge in [0.15, 0.2) is 4.88 Å². The standard InChI is InChI=1S/C11H18N2O2S/c1-5-6-7-15-10(14)8-9(11(2,3)4)12-13-16-8/h5-7H2,1-4H3. The zero-order valence-corrected chi connectivity index (χ0v) is 11.1. The monoisotopic (exact) mass is 242 g/mol. The fourth-order valence-corrected chi connectivity index (χ4v) is 1.96. The first-order valence-corrected chi connectivity index (χ1v) is 6.24. The smallest absolute Gasteiger partial charge is 0.351 e. The normalized spacial score (nSPS) is 11.5. The van der Waals surface area contributed by atoms with E-state index in [4.69, 9.17) is 4.74 Å². The number of nitrogens with zero attached hydrogens (tertiary/aromatic N) is 2. The molecular weight excluding hydrogens is 224 g/mol. The van der Waals surface area contributed by atoms with Gasteiger partial charge in [0.25, 0.3) is 0 Å². The van der Waals surface area contributed by atoms with E-state index in [-0.39, 0.29) is 11.4 Å². The molecule has 0 spiro atoms. The van der Waals surface area contributed by atoms with Crippen LogP contribution in [0.5, 0.6) is 0 Å². The highest BCUT2D eigenvalue weighted by atomic mass is 32.1. The van der Waals surface area contributed by atoms with Gasteiger partial charge in [0.2, 0.25) is 0 Å². The first-order valence-electron chi connectivity index (χ1n) is 5.46. The zero-order valence-electron chi connectivity index (χ0n) is 10.2. The molecule has 5 heteroatoms. The summed E-state index contributed by atoms with van der Waals surface area (Å²) in [6, 6.07) is 0. The third kappa shape index (κ3) is 3.27. The van der Waals surface area contributed by atoms with Crippen molar-refractivity contribution in [1.29, 1.82) is 0 Å². The van der Waals surface area contributed by atoms with Gasteiger partial charge in [-0.15, -0.1) is 5.10 Å². The van der Waals surface area contributed by atoms with E-state index in [1.165, 1.54) is 0 Å². The van der Waals surface area contributed by atoms with Crippen LogP contribution in [0.25, 0.3) is 0 Å². The van der Waals surface area contributed by atoms with Crippen molar-refractivity contribution < 1.29 is 9.53 Å². The molecule has 0 unspecified atom stereocenters. The van der Waals surface area contributed by atoms with Crippen LogP contribution in [0.4, 0.5) is 0 Å². The molecule has 0 aliphatic rings. The zero-order chi connectivity index (χ0) is 12.2. The topological polar surface area (TPSA) is 52.1 Å². The molecule has 4 nitrogen and oxygen atoms in total. The van der Waals surface area contributed by atoms with Crippen molar-refractivity contribution in [1.82, 2.24) is 9.59 Å². The second kappa shape index (κ2) is 5.39. The van der Waals surface area contributed by atoms with Crippen molar-refractivity contribution >= 4 is 17.5 Å². The molecule has 0 N–H and O–H groups in total. The third-order valence-electron chi connectivity index (χ3n) is 2.11. The minimum Gasteiger partial charge on any atom is -0.461 e. The van der Waals surface area contributed by atoms with Crippen LogP contribution in [0.3, 0.4) is 0 Å². The van der Waals surface area contributed by atoms with E-state index in [2.05, 4.69) is 16.5 Å². The Morgan fingerprint density at radius 1 is 1.44 bits per heavy atom. The van der Waals surface area contributed by atoms with E-state index in [1.54, 1.807) is 0 Å². The average Bonchev–Trinajstić information content (AvgIpc) is 2.65. The van der Waals surface area contributed by atoms with Gasteiger partial charge in [-0.2, -0.15) is 0 Å². The minimum atomic E-state index is -0.298. The Hall–Kier alpha value is -0.970. The van der Waals surface area contributed by atoms with Crippen LogP contribution >= 0.6 is 11.5 Å². The lowest BCUT2D eigenvalue weighted by atomic mass is 9.91. The van der Waals surface area contributed by atoms with Crippen LogP contribution in [0.15, 0.2) is 0 Å². The number of carbonyl (C=O) groups excluding carboxylic acids is 1. The van der Waals surface area contributed by atoms with Gasteiger partial charge >= 0.3 is 5.97 Å². The van der Waals surface area contributed by atoms with Crippen LogP contribution in [0, 0.1) is 0 Å². The Morgan fingerprint density at radius 3 is 2.69 bits per heavy atom. The SMILES string of the molecule is CCCCOC(=O)c1snnc1C(C)(C)C. The van der Waals surface area contributed by atoms with Crippen LogP contribution < -0.4 is 0 Å². The Kier molecular flexibility index (Phi) is 4.41. The predicted octanol–water partition coefficient (Wildman–Crippen LogP) is 2.79. The molecule has 1 heterocycles. The maximum absolute atomic E-state index is 11.8. The molecule has 0 saturated heterocycles. The summed E-state index contributed by atoms with van der Waals surface area (Å²) in [5, 5.41) is 4.00. The fourth-order valence-electron chi connectivity index (χ4n) is 1.19. The Bertz CT molecular complexity index is 355. The van der Waals surface area contributed by atoms with E-state index in [9.17, 15) is 4.79 Å². The number of esters is 1. The summed E-state index contributed by atoms with van der Waals surface area (Å²) in [7, 11) is 0. The number of rotatable bonds is 4. The summed E-state index contributed by atoms with van der Waals surface area (Å²) < 4.78 is 8.98. The molecule has 0 saturated carbocycles. The summed E-state index contributed by atoms with van der Waals surface area (Å²) in [5.74, 6) is -0.298. The average molecular weight is 242 g/mol. The number of unbranched alkanes of at least 4 members (excludes halogenated alkanes) is 1. The molecule has 1 aromatic rings. The molecule has 0 amide bonds. The Balaban J connectivity index is 2.73. The highest BCUT2D eigenvalue weighted by molar-refractivity contribution is 7.07. The molecule has 0 aliphatic heterocycles. The van der Waals surface area contributed by atoms with Crippen molar-refractivity contribution in [3.05, 3.63) is 10.6 Å². The van der Waals surface area contributed by atoms with Crippen molar-refractivity contribution in [2.45, 2.75) is 46.0 Å². The largest absolute Gasteiger partial charge is 0.461 e. The maximum atomic E-state index is 11.8. The number of aromatic nitrogens is 2. The molecule has 90 valence electrons. The summed E-state index contributed by atoms with van der Waals surface area (Å²) in [6.07, 6.45) is 1.91. The Labute approximate surface area is 100 Å². The van der Waals surface area contributed by atoms with Gasteiger partial charge in [-0.3, -0.25) is 0 Å². The summed E-state index contributed by atoms with van der Waals surface area (Å²) in [6.45, 7) is 8.55. The molecule has 16 heavy (non-hydrogen) atoms. The first-order chi connectivity index (χ1) is 7.46. The van der Waals surface area contributed by atoms with Gasteiger partial charge in [0, 0.05) is 5.41 Å². The van der Waals surface area contributed by atoms with Gasteiger partial charge in [0.1, 0.15) is 0 Å². The molecule has 0 bridgehead atoms. The number of hydrogen-bond acceptors (Lipinski definition) is 5. The second-order valence-electron chi connectivity index (χ2n) is 4.69. The fraction of sp³-hybridized carbons (Fsp3) is 0.727. The van der Waals surface area contributed by atoms with Gasteiger partial charge in [-0.25, -0.2) is 4.79 Å². The van der Waals surface area contributed by atoms with E-state index in [1.807, 2.05) is 20.8 Å². The Morgan fingerprint density at radius 2 is 2.12 bits per heavy atom. The van der Waals surface area contributed by atoms with Crippen molar-refractivity contribution in [2.75, 3.05) is 6.61 Å². The van der Waals surface area contributed by atoms with E-state index in [0.29, 0.717) is 11.5 Å². The van der Waals surface area contributed by atoms with Crippen LogP contribution in [-0.4, -0.2) is 22.2 Å². The van der Waals surface area contributed by atoms with E-state index in [0.717, 1.165) is 30.1 Å². The van der Waals surface area contributed by atoms with Crippen molar-refractivity contribution in [3.8, 4) is 0 Å². The highest BCUT2D eigenvalue weighted by Crippen LogP contribution is 2.26. The van der Waals surface area contributed by atoms with Gasteiger partial charge in [0.05, 0.1) is 12.3 Å². The maximum Gasteiger partial charge on any atom is 0.351 e. The van der Waals surface area contributed by atoms with Crippen molar-refractivity contribution in [2.24, 2.45) is 0 Å². The van der Waals surface area contributed by atoms with Gasteiger partial charge in [-0.1, -0.05) is 38.6 Å². The van der Waals surface area contributed by atoms with Crippen LogP contribution in [-0.2, 0) is 10.2 Å². The minimum absolute atomic E-state index is 0.174. The van der Waals surface area contributed by atoms with Crippen LogP contribution in [0.1, 0.15) is 55.9 Å². The molecule has 1 aromatic heterocycles. The van der Waals surface area contributed by atoms with Gasteiger partial charge in [-0.05, 0) is 18.0 Å². The predicted molar refractivity (Wildman–Crippen MR) is 63.8 cm³/mol. The first kappa shape index (κ1) is 13.1. The quantitative estimate of drug-likeness (QED) is 0.602. The molecule has 0 aromatic carbocycles. The molecule has 0 fully saturated rings. The lowest BCUT2D eigenvalue weighted by Crippen LogP contribution is -2.17. The number of hydrogen-bond donors (Lipinski definition) is 0. The number of carbonyl (C=O) groups is 1. The van der Waals surface area contributed by atoms with Gasteiger partial charge < -0.3 is 4.74 Å². The van der Waals surface area contributed by atoms with Crippen molar-refractivity contribution in [3.63, 3.8) is 0 Å². The van der Waals surface area contributed by atoms with E-state index >= 15 is 0 Å². The highest BCUT2D eigenvalue weighted by Gasteiger charge is 2.26. The summed E-state index contributed by atoms with van der Waals surface area (Å²) in [5.41, 5.74) is 0.547. The lowest BCUT2D eigenvalue weighted by molar-refractivity contribution is 0.0502. The molecular formula is C11H18N2O2S. The molecule has 0 atom stereocenters.